The fourth-order valence-electron chi connectivity index (χ4n) is 7.04. The van der Waals surface area contributed by atoms with Crippen LogP contribution in [0.1, 0.15) is 0 Å². The van der Waals surface area contributed by atoms with E-state index in [0.717, 1.165) is 0 Å². The van der Waals surface area contributed by atoms with Crippen molar-refractivity contribution in [2.24, 2.45) is 0 Å². The molecule has 0 bridgehead atoms. The van der Waals surface area contributed by atoms with E-state index < -0.39 is 0 Å². The van der Waals surface area contributed by atoms with Crippen LogP contribution in [0.15, 0.2) is 152 Å². The van der Waals surface area contributed by atoms with Gasteiger partial charge in [0, 0.05) is 21.5 Å². The molecule has 0 unspecified atom stereocenters. The molecule has 0 aliphatic carbocycles. The van der Waals surface area contributed by atoms with Crippen LogP contribution in [0.3, 0.4) is 0 Å². The fourth-order valence-corrected chi connectivity index (χ4v) is 7.04. The molecule has 9 aromatic rings. The highest BCUT2D eigenvalue weighted by atomic mass is 15.0. The van der Waals surface area contributed by atoms with Gasteiger partial charge in [0.1, 0.15) is 0 Å². The Labute approximate surface area is 237 Å². The van der Waals surface area contributed by atoms with Crippen molar-refractivity contribution in [3.63, 3.8) is 0 Å². The highest BCUT2D eigenvalue weighted by Crippen LogP contribution is 2.45. The molecule has 1 nitrogen and oxygen atoms in total. The lowest BCUT2D eigenvalue weighted by molar-refractivity contribution is 1.21. The molecule has 8 aromatic carbocycles. The number of fused-ring (bicyclic) bond motifs is 11. The summed E-state index contributed by atoms with van der Waals surface area (Å²) in [5.41, 5.74) is 6.19. The maximum atomic E-state index is 2.52. The summed E-state index contributed by atoms with van der Waals surface area (Å²) in [6.45, 7) is 0. The predicted octanol–water partition coefficient (Wildman–Crippen LogP) is 11.1. The highest BCUT2D eigenvalue weighted by Gasteiger charge is 2.21. The molecule has 9 rings (SSSR count). The summed E-state index contributed by atoms with van der Waals surface area (Å²) in [6.07, 6.45) is 0. The van der Waals surface area contributed by atoms with Gasteiger partial charge in [0.15, 0.2) is 0 Å². The monoisotopic (exact) mass is 519 g/mol. The Kier molecular flexibility index (Phi) is 4.67. The largest absolute Gasteiger partial charge is 0.308 e. The standard InChI is InChI=1S/C40H25N/c1-2-12-26(13-3-1)28-24-25-37(31-17-7-6-16-30(28)31)41-36-21-11-10-20-34(36)39-33-19-9-8-18-32(33)38-29-15-5-4-14-27(29)22-23-35(38)40(39)41/h1-25H. The summed E-state index contributed by atoms with van der Waals surface area (Å²) in [6, 6.07) is 55.4. The first-order valence-electron chi connectivity index (χ1n) is 14.2. The van der Waals surface area contributed by atoms with E-state index in [9.17, 15) is 0 Å². The SMILES string of the molecule is c1ccc(-c2ccc(-n3c4ccccc4c4c5ccccc5c5c6ccccc6ccc5c43)c3ccccc23)cc1. The van der Waals surface area contributed by atoms with E-state index >= 15 is 0 Å². The van der Waals surface area contributed by atoms with Crippen molar-refractivity contribution in [2.75, 3.05) is 0 Å². The van der Waals surface area contributed by atoms with Gasteiger partial charge in [-0.15, -0.1) is 0 Å². The van der Waals surface area contributed by atoms with Gasteiger partial charge in [-0.25, -0.2) is 0 Å². The van der Waals surface area contributed by atoms with Crippen molar-refractivity contribution in [3.05, 3.63) is 152 Å². The molecule has 0 N–H and O–H groups in total. The van der Waals surface area contributed by atoms with Crippen LogP contribution in [0.2, 0.25) is 0 Å². The van der Waals surface area contributed by atoms with Crippen molar-refractivity contribution < 1.29 is 0 Å². The maximum Gasteiger partial charge on any atom is 0.0626 e. The lowest BCUT2D eigenvalue weighted by Gasteiger charge is -2.17. The van der Waals surface area contributed by atoms with E-state index in [0.29, 0.717) is 0 Å². The summed E-state index contributed by atoms with van der Waals surface area (Å²) in [4.78, 5) is 0. The Balaban J connectivity index is 1.53. The number of rotatable bonds is 2. The molecule has 0 radical (unpaired) electrons. The molecule has 0 saturated heterocycles. The first-order valence-corrected chi connectivity index (χ1v) is 14.2. The van der Waals surface area contributed by atoms with Crippen molar-refractivity contribution in [2.45, 2.75) is 0 Å². The maximum absolute atomic E-state index is 2.52. The molecule has 0 fully saturated rings. The van der Waals surface area contributed by atoms with Gasteiger partial charge in [-0.1, -0.05) is 140 Å². The number of hydrogen-bond acceptors (Lipinski definition) is 0. The summed E-state index contributed by atoms with van der Waals surface area (Å²) in [5.74, 6) is 0. The van der Waals surface area contributed by atoms with Gasteiger partial charge >= 0.3 is 0 Å². The van der Waals surface area contributed by atoms with Crippen LogP contribution in [0.5, 0.6) is 0 Å². The quantitative estimate of drug-likeness (QED) is 0.200. The van der Waals surface area contributed by atoms with E-state index in [-0.39, 0.29) is 0 Å². The van der Waals surface area contributed by atoms with E-state index in [4.69, 9.17) is 0 Å². The molecule has 0 saturated carbocycles. The molecular weight excluding hydrogens is 494 g/mol. The highest BCUT2D eigenvalue weighted by molar-refractivity contribution is 6.36. The van der Waals surface area contributed by atoms with Crippen LogP contribution in [-0.4, -0.2) is 4.57 Å². The molecule has 0 spiro atoms. The zero-order valence-electron chi connectivity index (χ0n) is 22.4. The summed E-state index contributed by atoms with van der Waals surface area (Å²) >= 11 is 0. The number of nitrogens with zero attached hydrogens (tertiary/aromatic N) is 1. The zero-order chi connectivity index (χ0) is 26.9. The summed E-state index contributed by atoms with van der Waals surface area (Å²) in [7, 11) is 0. The molecule has 1 heteroatoms. The first kappa shape index (κ1) is 22.4. The zero-order valence-corrected chi connectivity index (χ0v) is 22.4. The topological polar surface area (TPSA) is 4.93 Å². The normalized spacial score (nSPS) is 11.9. The second-order valence-corrected chi connectivity index (χ2v) is 10.9. The number of para-hydroxylation sites is 1. The average Bonchev–Trinajstić information content (AvgIpc) is 3.40. The average molecular weight is 520 g/mol. The van der Waals surface area contributed by atoms with Gasteiger partial charge in [-0.2, -0.15) is 0 Å². The summed E-state index contributed by atoms with van der Waals surface area (Å²) in [5, 5.41) is 12.9. The van der Waals surface area contributed by atoms with Gasteiger partial charge in [0.2, 0.25) is 0 Å². The van der Waals surface area contributed by atoms with Crippen LogP contribution >= 0.6 is 0 Å². The molecule has 190 valence electrons. The Bertz CT molecular complexity index is 2460. The van der Waals surface area contributed by atoms with Crippen molar-refractivity contribution >= 4 is 64.9 Å². The third-order valence-electron chi connectivity index (χ3n) is 8.75. The van der Waals surface area contributed by atoms with Crippen LogP contribution in [0.4, 0.5) is 0 Å². The van der Waals surface area contributed by atoms with Crippen molar-refractivity contribution in [1.29, 1.82) is 0 Å². The Morgan fingerprint density at radius 1 is 0.341 bits per heavy atom. The molecule has 0 aliphatic rings. The molecule has 0 amide bonds. The molecule has 1 heterocycles. The third kappa shape index (κ3) is 3.12. The molecular formula is C40H25N. The minimum absolute atomic E-state index is 1.20. The molecule has 1 aromatic heterocycles. The minimum Gasteiger partial charge on any atom is -0.308 e. The number of aromatic nitrogens is 1. The van der Waals surface area contributed by atoms with Gasteiger partial charge in [-0.3, -0.25) is 0 Å². The van der Waals surface area contributed by atoms with Gasteiger partial charge < -0.3 is 4.57 Å². The van der Waals surface area contributed by atoms with Crippen molar-refractivity contribution in [3.8, 4) is 16.8 Å². The minimum atomic E-state index is 1.20. The van der Waals surface area contributed by atoms with Gasteiger partial charge in [-0.05, 0) is 55.6 Å². The van der Waals surface area contributed by atoms with Gasteiger partial charge in [0.25, 0.3) is 0 Å². The van der Waals surface area contributed by atoms with Crippen LogP contribution in [-0.2, 0) is 0 Å². The molecule has 41 heavy (non-hydrogen) atoms. The van der Waals surface area contributed by atoms with E-state index in [1.807, 2.05) is 0 Å². The van der Waals surface area contributed by atoms with Gasteiger partial charge in [0.05, 0.1) is 16.7 Å². The van der Waals surface area contributed by atoms with Crippen LogP contribution < -0.4 is 0 Å². The smallest absolute Gasteiger partial charge is 0.0626 e. The van der Waals surface area contributed by atoms with E-state index in [2.05, 4.69) is 156 Å². The molecule has 0 atom stereocenters. The Morgan fingerprint density at radius 3 is 1.76 bits per heavy atom. The summed E-state index contributed by atoms with van der Waals surface area (Å²) < 4.78 is 2.52. The van der Waals surface area contributed by atoms with Crippen LogP contribution in [0.25, 0.3) is 81.7 Å². The predicted molar refractivity (Wildman–Crippen MR) is 176 cm³/mol. The van der Waals surface area contributed by atoms with E-state index in [1.54, 1.807) is 0 Å². The fraction of sp³-hybridized carbons (Fsp3) is 0. The first-order chi connectivity index (χ1) is 20.4. The van der Waals surface area contributed by atoms with Crippen LogP contribution in [0, 0.1) is 0 Å². The van der Waals surface area contributed by atoms with E-state index in [1.165, 1.54) is 81.7 Å². The number of hydrogen-bond donors (Lipinski definition) is 0. The number of benzene rings is 8. The van der Waals surface area contributed by atoms with Crippen molar-refractivity contribution in [1.82, 2.24) is 4.57 Å². The Morgan fingerprint density at radius 2 is 0.951 bits per heavy atom. The third-order valence-corrected chi connectivity index (χ3v) is 8.75. The second kappa shape index (κ2) is 8.55. The lowest BCUT2D eigenvalue weighted by atomic mass is 9.93. The lowest BCUT2D eigenvalue weighted by Crippen LogP contribution is -1.97. The second-order valence-electron chi connectivity index (χ2n) is 10.9. The molecule has 0 aliphatic heterocycles. The Hall–Kier alpha value is -5.40.